The number of likely N-dealkylation sites (tertiary alicyclic amines) is 1. The van der Waals surface area contributed by atoms with E-state index >= 15 is 0 Å². The Balaban J connectivity index is 1.38. The molecule has 1 fully saturated rings. The number of nitrogens with zero attached hydrogens (tertiary/aromatic N) is 5. The van der Waals surface area contributed by atoms with Gasteiger partial charge in [-0.2, -0.15) is 0 Å². The fourth-order valence-corrected chi connectivity index (χ4v) is 3.58. The Morgan fingerprint density at radius 2 is 1.90 bits per heavy atom. The zero-order valence-corrected chi connectivity index (χ0v) is 17.5. The van der Waals surface area contributed by atoms with Crippen molar-refractivity contribution in [2.24, 2.45) is 4.99 Å². The second kappa shape index (κ2) is 11.6. The van der Waals surface area contributed by atoms with Crippen LogP contribution in [0.5, 0.6) is 0 Å². The summed E-state index contributed by atoms with van der Waals surface area (Å²) in [4.78, 5) is 6.97. The first-order valence-electron chi connectivity index (χ1n) is 10.7. The maximum atomic E-state index is 13.4. The van der Waals surface area contributed by atoms with E-state index in [1.165, 1.54) is 12.1 Å². The van der Waals surface area contributed by atoms with Crippen molar-refractivity contribution in [2.75, 3.05) is 26.2 Å². The third-order valence-corrected chi connectivity index (χ3v) is 5.22. The van der Waals surface area contributed by atoms with Gasteiger partial charge in [0.1, 0.15) is 12.7 Å². The number of aliphatic imine (C=N–C) groups is 1. The zero-order valence-electron chi connectivity index (χ0n) is 17.5. The summed E-state index contributed by atoms with van der Waals surface area (Å²) in [5, 5.41) is 14.5. The van der Waals surface area contributed by atoms with Crippen LogP contribution in [0, 0.1) is 11.6 Å². The van der Waals surface area contributed by atoms with E-state index in [9.17, 15) is 8.78 Å². The van der Waals surface area contributed by atoms with E-state index in [0.717, 1.165) is 69.9 Å². The van der Waals surface area contributed by atoms with Gasteiger partial charge in [-0.3, -0.25) is 9.89 Å². The molecule has 0 saturated carbocycles. The Hall–Kier alpha value is -2.55. The van der Waals surface area contributed by atoms with Crippen LogP contribution in [0.25, 0.3) is 0 Å². The highest BCUT2D eigenvalue weighted by molar-refractivity contribution is 5.80. The fraction of sp³-hybridized carbons (Fsp3) is 0.571. The monoisotopic (exact) mass is 419 g/mol. The van der Waals surface area contributed by atoms with Crippen LogP contribution in [-0.2, 0) is 13.1 Å². The first-order valence-corrected chi connectivity index (χ1v) is 10.7. The van der Waals surface area contributed by atoms with Crippen LogP contribution in [0.1, 0.15) is 38.2 Å². The standard InChI is InChI=1S/C21H31F2N7/c1-2-24-21(25-9-3-4-10-30-15-26-27-16-30)28-18-7-11-29(12-8-18)14-17-5-6-19(22)20(23)13-17/h5-6,13,15-16,18H,2-4,7-12,14H2,1H3,(H2,24,25,28). The van der Waals surface area contributed by atoms with Crippen molar-refractivity contribution in [3.8, 4) is 0 Å². The molecule has 164 valence electrons. The molecule has 9 heteroatoms. The summed E-state index contributed by atoms with van der Waals surface area (Å²) in [5.41, 5.74) is 0.807. The Bertz CT molecular complexity index is 787. The second-order valence-corrected chi connectivity index (χ2v) is 7.61. The lowest BCUT2D eigenvalue weighted by Gasteiger charge is -2.33. The van der Waals surface area contributed by atoms with Gasteiger partial charge < -0.3 is 15.2 Å². The number of benzene rings is 1. The van der Waals surface area contributed by atoms with Crippen molar-refractivity contribution in [1.29, 1.82) is 0 Å². The highest BCUT2D eigenvalue weighted by Gasteiger charge is 2.20. The van der Waals surface area contributed by atoms with Gasteiger partial charge in [0.05, 0.1) is 0 Å². The predicted molar refractivity (Wildman–Crippen MR) is 113 cm³/mol. The molecule has 3 rings (SSSR count). The number of hydrogen-bond donors (Lipinski definition) is 2. The molecular weight excluding hydrogens is 388 g/mol. The van der Waals surface area contributed by atoms with Crippen LogP contribution in [0.2, 0.25) is 0 Å². The SMILES string of the molecule is CCNC(=NCCCCn1cnnc1)NC1CCN(Cc2ccc(F)c(F)c2)CC1. The van der Waals surface area contributed by atoms with Crippen LogP contribution >= 0.6 is 0 Å². The number of aromatic nitrogens is 3. The molecule has 0 bridgehead atoms. The molecule has 0 unspecified atom stereocenters. The molecule has 1 aromatic carbocycles. The lowest BCUT2D eigenvalue weighted by molar-refractivity contribution is 0.198. The van der Waals surface area contributed by atoms with Crippen molar-refractivity contribution in [1.82, 2.24) is 30.3 Å². The summed E-state index contributed by atoms with van der Waals surface area (Å²) in [7, 11) is 0. The molecule has 2 N–H and O–H groups in total. The minimum absolute atomic E-state index is 0.362. The number of unbranched alkanes of at least 4 members (excludes halogenated alkanes) is 1. The summed E-state index contributed by atoms with van der Waals surface area (Å²) >= 11 is 0. The average molecular weight is 420 g/mol. The van der Waals surface area contributed by atoms with Crippen molar-refractivity contribution in [2.45, 2.75) is 51.7 Å². The van der Waals surface area contributed by atoms with Crippen molar-refractivity contribution >= 4 is 5.96 Å². The van der Waals surface area contributed by atoms with Gasteiger partial charge in [0, 0.05) is 45.3 Å². The van der Waals surface area contributed by atoms with E-state index < -0.39 is 11.6 Å². The molecule has 1 saturated heterocycles. The third kappa shape index (κ3) is 7.05. The van der Waals surface area contributed by atoms with Gasteiger partial charge >= 0.3 is 0 Å². The van der Waals surface area contributed by atoms with Gasteiger partial charge in [0.25, 0.3) is 0 Å². The zero-order chi connectivity index (χ0) is 21.2. The highest BCUT2D eigenvalue weighted by atomic mass is 19.2. The van der Waals surface area contributed by atoms with E-state index in [1.807, 2.05) is 4.57 Å². The number of hydrogen-bond acceptors (Lipinski definition) is 4. The molecule has 0 radical (unpaired) electrons. The molecule has 0 amide bonds. The predicted octanol–water partition coefficient (Wildman–Crippen LogP) is 2.56. The Labute approximate surface area is 176 Å². The highest BCUT2D eigenvalue weighted by Crippen LogP contribution is 2.16. The molecule has 1 aliphatic heterocycles. The van der Waals surface area contributed by atoms with Crippen LogP contribution in [0.15, 0.2) is 35.8 Å². The molecule has 0 aliphatic carbocycles. The minimum atomic E-state index is -0.796. The van der Waals surface area contributed by atoms with Gasteiger partial charge in [0.2, 0.25) is 0 Å². The number of aryl methyl sites for hydroxylation is 1. The third-order valence-electron chi connectivity index (χ3n) is 5.22. The summed E-state index contributed by atoms with van der Waals surface area (Å²) in [6.07, 6.45) is 7.47. The molecule has 0 spiro atoms. The lowest BCUT2D eigenvalue weighted by Crippen LogP contribution is -2.48. The van der Waals surface area contributed by atoms with Crippen LogP contribution in [0.4, 0.5) is 8.78 Å². The van der Waals surface area contributed by atoms with Gasteiger partial charge in [0.15, 0.2) is 17.6 Å². The second-order valence-electron chi connectivity index (χ2n) is 7.61. The molecule has 30 heavy (non-hydrogen) atoms. The van der Waals surface area contributed by atoms with Gasteiger partial charge in [-0.1, -0.05) is 6.07 Å². The Morgan fingerprint density at radius 3 is 2.60 bits per heavy atom. The van der Waals surface area contributed by atoms with Crippen molar-refractivity contribution in [3.05, 3.63) is 48.1 Å². The van der Waals surface area contributed by atoms with Crippen molar-refractivity contribution in [3.63, 3.8) is 0 Å². The van der Waals surface area contributed by atoms with E-state index in [4.69, 9.17) is 4.99 Å². The van der Waals surface area contributed by atoms with Crippen LogP contribution in [0.3, 0.4) is 0 Å². The lowest BCUT2D eigenvalue weighted by atomic mass is 10.0. The molecule has 1 aromatic heterocycles. The Morgan fingerprint density at radius 1 is 1.13 bits per heavy atom. The van der Waals surface area contributed by atoms with Gasteiger partial charge in [-0.05, 0) is 50.3 Å². The van der Waals surface area contributed by atoms with E-state index in [0.29, 0.717) is 12.6 Å². The molecular formula is C21H31F2N7. The summed E-state index contributed by atoms with van der Waals surface area (Å²) in [5.74, 6) is -0.714. The summed E-state index contributed by atoms with van der Waals surface area (Å²) in [6.45, 7) is 7.03. The maximum Gasteiger partial charge on any atom is 0.191 e. The van der Waals surface area contributed by atoms with Crippen molar-refractivity contribution < 1.29 is 8.78 Å². The fourth-order valence-electron chi connectivity index (χ4n) is 3.58. The van der Waals surface area contributed by atoms with E-state index in [1.54, 1.807) is 18.7 Å². The van der Waals surface area contributed by atoms with Crippen LogP contribution in [-0.4, -0.2) is 57.8 Å². The summed E-state index contributed by atoms with van der Waals surface area (Å²) < 4.78 is 28.5. The van der Waals surface area contributed by atoms with E-state index in [2.05, 4.69) is 32.7 Å². The number of piperidine rings is 1. The van der Waals surface area contributed by atoms with Crippen LogP contribution < -0.4 is 10.6 Å². The first kappa shape index (κ1) is 22.1. The maximum absolute atomic E-state index is 13.4. The van der Waals surface area contributed by atoms with Gasteiger partial charge in [-0.15, -0.1) is 10.2 Å². The Kier molecular flexibility index (Phi) is 8.55. The van der Waals surface area contributed by atoms with Gasteiger partial charge in [-0.25, -0.2) is 8.78 Å². The normalized spacial score (nSPS) is 16.0. The number of halogens is 2. The average Bonchev–Trinajstić information content (AvgIpc) is 3.25. The van der Waals surface area contributed by atoms with E-state index in [-0.39, 0.29) is 0 Å². The molecule has 7 nitrogen and oxygen atoms in total. The number of guanidine groups is 1. The topological polar surface area (TPSA) is 70.4 Å². The molecule has 0 atom stereocenters. The largest absolute Gasteiger partial charge is 0.357 e. The quantitative estimate of drug-likeness (QED) is 0.371. The molecule has 2 aromatic rings. The minimum Gasteiger partial charge on any atom is -0.357 e. The first-order chi connectivity index (χ1) is 14.6. The number of rotatable bonds is 9. The number of nitrogens with one attached hydrogen (secondary N) is 2. The smallest absolute Gasteiger partial charge is 0.191 e. The molecule has 1 aliphatic rings. The summed E-state index contributed by atoms with van der Waals surface area (Å²) in [6, 6.07) is 4.51. The molecule has 2 heterocycles.